The number of halogens is 2. The monoisotopic (exact) mass is 417 g/mol. The molecule has 1 aromatic carbocycles. The zero-order valence-electron chi connectivity index (χ0n) is 15.7. The molecule has 0 bridgehead atoms. The molecule has 4 rings (SSSR count). The first-order chi connectivity index (χ1) is 14.0. The molecule has 2 fully saturated rings. The molecule has 3 heterocycles. The Morgan fingerprint density at radius 2 is 2.10 bits per heavy atom. The SMILES string of the molecule is N=C1CN(C(=O)c2ccc(F)cc2OC2CCNCC2)C/C1=C1\N=CC(Cl)=CN1. The van der Waals surface area contributed by atoms with Crippen molar-refractivity contribution in [2.75, 3.05) is 26.2 Å². The fourth-order valence-corrected chi connectivity index (χ4v) is 3.63. The van der Waals surface area contributed by atoms with Gasteiger partial charge in [0.15, 0.2) is 0 Å². The second-order valence-corrected chi connectivity index (χ2v) is 7.54. The van der Waals surface area contributed by atoms with Crippen molar-refractivity contribution < 1.29 is 13.9 Å². The highest BCUT2D eigenvalue weighted by molar-refractivity contribution is 6.39. The number of nitrogens with one attached hydrogen (secondary N) is 3. The highest BCUT2D eigenvalue weighted by atomic mass is 35.5. The zero-order valence-corrected chi connectivity index (χ0v) is 16.4. The zero-order chi connectivity index (χ0) is 20.4. The molecule has 0 atom stereocenters. The first-order valence-electron chi connectivity index (χ1n) is 9.44. The number of likely N-dealkylation sites (tertiary alicyclic amines) is 1. The Labute approximate surface area is 172 Å². The van der Waals surface area contributed by atoms with Gasteiger partial charge in [0.05, 0.1) is 29.4 Å². The second kappa shape index (κ2) is 8.34. The van der Waals surface area contributed by atoms with Gasteiger partial charge in [0.2, 0.25) is 0 Å². The number of rotatable bonds is 3. The Bertz CT molecular complexity index is 937. The molecule has 0 spiro atoms. The standard InChI is InChI=1S/C20H21ClFN5O2/c21-12-8-25-19(26-9-12)16-10-27(11-17(16)23)20(28)15-2-1-13(22)7-18(15)29-14-3-5-24-6-4-14/h1-2,7-9,14,23-25H,3-6,10-11H2/b19-16+,23-17?. The van der Waals surface area contributed by atoms with E-state index in [1.165, 1.54) is 29.3 Å². The molecule has 0 radical (unpaired) electrons. The maximum Gasteiger partial charge on any atom is 0.258 e. The average molecular weight is 418 g/mol. The number of benzene rings is 1. The molecule has 7 nitrogen and oxygen atoms in total. The third kappa shape index (κ3) is 4.33. The summed E-state index contributed by atoms with van der Waals surface area (Å²) in [5, 5.41) is 14.9. The molecule has 1 aromatic rings. The van der Waals surface area contributed by atoms with Crippen LogP contribution in [-0.2, 0) is 0 Å². The predicted molar refractivity (Wildman–Crippen MR) is 109 cm³/mol. The summed E-state index contributed by atoms with van der Waals surface area (Å²) in [6.45, 7) is 2.04. The summed E-state index contributed by atoms with van der Waals surface area (Å²) in [7, 11) is 0. The van der Waals surface area contributed by atoms with Gasteiger partial charge in [-0.2, -0.15) is 0 Å². The molecule has 0 saturated carbocycles. The van der Waals surface area contributed by atoms with Gasteiger partial charge in [0.25, 0.3) is 5.91 Å². The summed E-state index contributed by atoms with van der Waals surface area (Å²) < 4.78 is 19.8. The van der Waals surface area contributed by atoms with Crippen LogP contribution in [-0.4, -0.2) is 55.0 Å². The number of piperidine rings is 1. The largest absolute Gasteiger partial charge is 0.489 e. The van der Waals surface area contributed by atoms with E-state index in [2.05, 4.69) is 15.6 Å². The van der Waals surface area contributed by atoms with Crippen LogP contribution in [0.4, 0.5) is 4.39 Å². The minimum absolute atomic E-state index is 0.0588. The van der Waals surface area contributed by atoms with E-state index in [4.69, 9.17) is 21.7 Å². The third-order valence-corrected chi connectivity index (χ3v) is 5.26. The molecule has 1 amide bonds. The lowest BCUT2D eigenvalue weighted by Crippen LogP contribution is -2.35. The van der Waals surface area contributed by atoms with Crippen LogP contribution >= 0.6 is 11.6 Å². The molecule has 29 heavy (non-hydrogen) atoms. The summed E-state index contributed by atoms with van der Waals surface area (Å²) in [4.78, 5) is 18.9. The van der Waals surface area contributed by atoms with Gasteiger partial charge in [-0.05, 0) is 38.1 Å². The fourth-order valence-electron chi connectivity index (χ4n) is 3.53. The normalized spacial score (nSPS) is 22.5. The van der Waals surface area contributed by atoms with E-state index in [0.29, 0.717) is 27.7 Å². The molecule has 2 saturated heterocycles. The summed E-state index contributed by atoms with van der Waals surface area (Å²) in [5.41, 5.74) is 1.22. The van der Waals surface area contributed by atoms with E-state index in [0.717, 1.165) is 25.9 Å². The third-order valence-electron chi connectivity index (χ3n) is 5.05. The highest BCUT2D eigenvalue weighted by Crippen LogP contribution is 2.27. The van der Waals surface area contributed by atoms with Gasteiger partial charge in [-0.25, -0.2) is 9.38 Å². The Balaban J connectivity index is 1.55. The van der Waals surface area contributed by atoms with Crippen LogP contribution in [0.2, 0.25) is 0 Å². The molecule has 0 aliphatic carbocycles. The van der Waals surface area contributed by atoms with Crippen molar-refractivity contribution in [2.45, 2.75) is 18.9 Å². The lowest BCUT2D eigenvalue weighted by atomic mass is 10.1. The first-order valence-corrected chi connectivity index (χ1v) is 9.82. The van der Waals surface area contributed by atoms with Crippen LogP contribution in [0.15, 0.2) is 45.8 Å². The quantitative estimate of drug-likeness (QED) is 0.704. The lowest BCUT2D eigenvalue weighted by molar-refractivity contribution is 0.0793. The summed E-state index contributed by atoms with van der Waals surface area (Å²) in [6, 6.07) is 3.96. The van der Waals surface area contributed by atoms with Crippen molar-refractivity contribution >= 4 is 29.4 Å². The Morgan fingerprint density at radius 3 is 2.83 bits per heavy atom. The molecular formula is C20H21ClFN5O2. The molecule has 3 aliphatic rings. The fraction of sp³-hybridized carbons (Fsp3) is 0.350. The van der Waals surface area contributed by atoms with Crippen LogP contribution in [0.1, 0.15) is 23.2 Å². The van der Waals surface area contributed by atoms with Gasteiger partial charge in [-0.15, -0.1) is 0 Å². The molecule has 3 aliphatic heterocycles. The number of allylic oxidation sites excluding steroid dienone is 1. The van der Waals surface area contributed by atoms with Gasteiger partial charge in [0, 0.05) is 24.1 Å². The minimum atomic E-state index is -0.452. The van der Waals surface area contributed by atoms with E-state index in [1.54, 1.807) is 6.20 Å². The summed E-state index contributed by atoms with van der Waals surface area (Å²) in [6.07, 6.45) is 4.61. The van der Waals surface area contributed by atoms with Gasteiger partial charge in [-0.3, -0.25) is 4.79 Å². The number of hydrogen-bond acceptors (Lipinski definition) is 6. The summed E-state index contributed by atoms with van der Waals surface area (Å²) in [5.74, 6) is -0.00689. The lowest BCUT2D eigenvalue weighted by Gasteiger charge is -2.25. The van der Waals surface area contributed by atoms with Crippen LogP contribution in [0.5, 0.6) is 5.75 Å². The smallest absolute Gasteiger partial charge is 0.258 e. The van der Waals surface area contributed by atoms with Crippen molar-refractivity contribution in [1.82, 2.24) is 15.5 Å². The Kier molecular flexibility index (Phi) is 5.64. The molecular weight excluding hydrogens is 397 g/mol. The summed E-state index contributed by atoms with van der Waals surface area (Å²) >= 11 is 5.85. The number of carbonyl (C=O) groups is 1. The van der Waals surface area contributed by atoms with Crippen molar-refractivity contribution in [3.8, 4) is 5.75 Å². The van der Waals surface area contributed by atoms with Crippen molar-refractivity contribution in [1.29, 1.82) is 5.41 Å². The van der Waals surface area contributed by atoms with Gasteiger partial charge in [-0.1, -0.05) is 11.6 Å². The van der Waals surface area contributed by atoms with Gasteiger partial charge in [0.1, 0.15) is 23.5 Å². The number of hydrogen-bond donors (Lipinski definition) is 3. The predicted octanol–water partition coefficient (Wildman–Crippen LogP) is 2.40. The average Bonchev–Trinajstić information content (AvgIpc) is 3.11. The van der Waals surface area contributed by atoms with Crippen molar-refractivity contribution in [3.05, 3.63) is 52.2 Å². The Morgan fingerprint density at radius 1 is 1.31 bits per heavy atom. The maximum absolute atomic E-state index is 13.8. The van der Waals surface area contributed by atoms with E-state index in [9.17, 15) is 9.18 Å². The maximum atomic E-state index is 13.8. The van der Waals surface area contributed by atoms with E-state index in [-0.39, 0.29) is 30.9 Å². The number of carbonyl (C=O) groups excluding carboxylic acids is 1. The van der Waals surface area contributed by atoms with Gasteiger partial charge < -0.3 is 25.7 Å². The molecule has 0 aromatic heterocycles. The highest BCUT2D eigenvalue weighted by Gasteiger charge is 2.31. The van der Waals surface area contributed by atoms with Crippen LogP contribution in [0.3, 0.4) is 0 Å². The number of nitrogens with zero attached hydrogens (tertiary/aromatic N) is 2. The van der Waals surface area contributed by atoms with Crippen molar-refractivity contribution in [2.24, 2.45) is 4.99 Å². The van der Waals surface area contributed by atoms with Crippen LogP contribution < -0.4 is 15.4 Å². The van der Waals surface area contributed by atoms with Crippen LogP contribution in [0, 0.1) is 11.2 Å². The van der Waals surface area contributed by atoms with E-state index in [1.807, 2.05) is 0 Å². The van der Waals surface area contributed by atoms with Gasteiger partial charge >= 0.3 is 0 Å². The van der Waals surface area contributed by atoms with Crippen LogP contribution in [0.25, 0.3) is 0 Å². The molecule has 0 unspecified atom stereocenters. The number of amides is 1. The number of aliphatic imine (C=N–C) groups is 1. The molecule has 152 valence electrons. The second-order valence-electron chi connectivity index (χ2n) is 7.11. The minimum Gasteiger partial charge on any atom is -0.489 e. The topological polar surface area (TPSA) is 89.8 Å². The Hall–Kier alpha value is -2.71. The first kappa shape index (κ1) is 19.6. The van der Waals surface area contributed by atoms with Crippen molar-refractivity contribution in [3.63, 3.8) is 0 Å². The van der Waals surface area contributed by atoms with E-state index >= 15 is 0 Å². The van der Waals surface area contributed by atoms with E-state index < -0.39 is 5.82 Å². The number of ether oxygens (including phenoxy) is 1. The molecule has 3 N–H and O–H groups in total. The molecule has 9 heteroatoms.